The van der Waals surface area contributed by atoms with Crippen LogP contribution in [0, 0.1) is 0 Å². The number of nitrogens with zero attached hydrogens (tertiary/aromatic N) is 8. The Morgan fingerprint density at radius 2 is 1.70 bits per heavy atom. The van der Waals surface area contributed by atoms with Crippen LogP contribution in [0.1, 0.15) is 37.8 Å². The van der Waals surface area contributed by atoms with Crippen LogP contribution >= 0.6 is 0 Å². The molecule has 5 rings (SSSR count). The quantitative estimate of drug-likeness (QED) is 0.702. The molecule has 2 fully saturated rings. The largest absolute Gasteiger partial charge is 0.353 e. The highest BCUT2D eigenvalue weighted by Crippen LogP contribution is 2.36. The molecule has 8 heteroatoms. The number of rotatable bonds is 4. The third kappa shape index (κ3) is 2.89. The Kier molecular flexibility index (Phi) is 4.10. The number of imidazole rings is 1. The van der Waals surface area contributed by atoms with Gasteiger partial charge in [0.05, 0.1) is 6.33 Å². The summed E-state index contributed by atoms with van der Waals surface area (Å²) < 4.78 is 2.06. The van der Waals surface area contributed by atoms with Gasteiger partial charge in [0.25, 0.3) is 0 Å². The molecule has 27 heavy (non-hydrogen) atoms. The van der Waals surface area contributed by atoms with E-state index < -0.39 is 0 Å². The van der Waals surface area contributed by atoms with Crippen LogP contribution in [0.5, 0.6) is 0 Å². The summed E-state index contributed by atoms with van der Waals surface area (Å²) >= 11 is 0. The molecule has 140 valence electrons. The first-order valence-electron chi connectivity index (χ1n) is 9.81. The van der Waals surface area contributed by atoms with E-state index in [0.29, 0.717) is 5.92 Å². The van der Waals surface area contributed by atoms with Crippen LogP contribution in [0.25, 0.3) is 11.2 Å². The minimum Gasteiger partial charge on any atom is -0.353 e. The maximum absolute atomic E-state index is 4.55. The fourth-order valence-electron chi connectivity index (χ4n) is 3.94. The Labute approximate surface area is 158 Å². The highest BCUT2D eigenvalue weighted by atomic mass is 15.3. The normalized spacial score (nSPS) is 18.1. The summed E-state index contributed by atoms with van der Waals surface area (Å²) in [6.45, 7) is 6.59. The van der Waals surface area contributed by atoms with Gasteiger partial charge in [-0.1, -0.05) is 6.42 Å². The van der Waals surface area contributed by atoms with E-state index in [0.717, 1.165) is 55.5 Å². The molecule has 0 spiro atoms. The van der Waals surface area contributed by atoms with Gasteiger partial charge in [0, 0.05) is 50.4 Å². The molecule has 3 aromatic rings. The molecule has 1 saturated carbocycles. The molecule has 0 radical (unpaired) electrons. The van der Waals surface area contributed by atoms with Crippen molar-refractivity contribution in [2.45, 2.75) is 38.6 Å². The summed E-state index contributed by atoms with van der Waals surface area (Å²) in [6, 6.07) is 2.19. The second kappa shape index (κ2) is 6.75. The van der Waals surface area contributed by atoms with Gasteiger partial charge in [-0.05, 0) is 19.8 Å². The predicted octanol–water partition coefficient (Wildman–Crippen LogP) is 2.23. The molecule has 1 aliphatic heterocycles. The van der Waals surface area contributed by atoms with E-state index in [1.165, 1.54) is 25.0 Å². The van der Waals surface area contributed by atoms with Crippen LogP contribution in [0.15, 0.2) is 25.0 Å². The monoisotopic (exact) mass is 364 g/mol. The van der Waals surface area contributed by atoms with Crippen molar-refractivity contribution in [3.8, 4) is 0 Å². The van der Waals surface area contributed by atoms with E-state index in [1.807, 2.05) is 6.33 Å². The fraction of sp³-hybridized carbons (Fsp3) is 0.526. The van der Waals surface area contributed by atoms with Crippen LogP contribution in [0.2, 0.25) is 0 Å². The van der Waals surface area contributed by atoms with Gasteiger partial charge >= 0.3 is 0 Å². The molecule has 4 heterocycles. The lowest BCUT2D eigenvalue weighted by molar-refractivity contribution is 0.410. The number of hydrogen-bond donors (Lipinski definition) is 0. The summed E-state index contributed by atoms with van der Waals surface area (Å²) in [6.07, 6.45) is 9.07. The summed E-state index contributed by atoms with van der Waals surface area (Å²) in [5.41, 5.74) is 3.00. The third-order valence-corrected chi connectivity index (χ3v) is 5.82. The van der Waals surface area contributed by atoms with Crippen molar-refractivity contribution in [3.05, 3.63) is 30.7 Å². The lowest BCUT2D eigenvalue weighted by Crippen LogP contribution is -2.47. The van der Waals surface area contributed by atoms with Crippen LogP contribution in [-0.4, -0.2) is 55.7 Å². The zero-order valence-electron chi connectivity index (χ0n) is 15.6. The van der Waals surface area contributed by atoms with Crippen LogP contribution in [0.4, 0.5) is 11.6 Å². The number of hydrogen-bond acceptors (Lipinski definition) is 7. The van der Waals surface area contributed by atoms with Crippen molar-refractivity contribution in [1.29, 1.82) is 0 Å². The molecule has 8 nitrogen and oxygen atoms in total. The summed E-state index contributed by atoms with van der Waals surface area (Å²) in [5.74, 6) is 2.62. The molecular formula is C19H24N8. The second-order valence-electron chi connectivity index (χ2n) is 7.30. The molecule has 3 aromatic heterocycles. The molecule has 0 atom stereocenters. The first-order chi connectivity index (χ1) is 13.3. The number of aryl methyl sites for hydroxylation is 1. The standard InChI is InChI=1S/C19H24N8/c1-2-25-13-24-17-18(25)22-12-23-19(17)27-8-6-26(7-9-27)16-10-15(20-11-21-16)14-4-3-5-14/h10-14H,2-9H2,1H3. The first-order valence-corrected chi connectivity index (χ1v) is 9.81. The highest BCUT2D eigenvalue weighted by Gasteiger charge is 2.25. The van der Waals surface area contributed by atoms with Crippen LogP contribution in [0.3, 0.4) is 0 Å². The van der Waals surface area contributed by atoms with Crippen molar-refractivity contribution in [2.24, 2.45) is 0 Å². The molecule has 0 bridgehead atoms. The van der Waals surface area contributed by atoms with E-state index in [9.17, 15) is 0 Å². The maximum Gasteiger partial charge on any atom is 0.165 e. The van der Waals surface area contributed by atoms with Gasteiger partial charge in [0.2, 0.25) is 0 Å². The lowest BCUT2D eigenvalue weighted by Gasteiger charge is -2.36. The average molecular weight is 364 g/mol. The van der Waals surface area contributed by atoms with Gasteiger partial charge in [0.15, 0.2) is 17.0 Å². The number of anilines is 2. The third-order valence-electron chi connectivity index (χ3n) is 5.82. The van der Waals surface area contributed by atoms with Crippen molar-refractivity contribution in [1.82, 2.24) is 29.5 Å². The van der Waals surface area contributed by atoms with E-state index in [-0.39, 0.29) is 0 Å². The smallest absolute Gasteiger partial charge is 0.165 e. The minimum absolute atomic E-state index is 0.635. The number of fused-ring (bicyclic) bond motifs is 1. The minimum atomic E-state index is 0.635. The van der Waals surface area contributed by atoms with Crippen LogP contribution < -0.4 is 9.80 Å². The summed E-state index contributed by atoms with van der Waals surface area (Å²) in [5, 5.41) is 0. The maximum atomic E-state index is 4.55. The van der Waals surface area contributed by atoms with Gasteiger partial charge in [-0.15, -0.1) is 0 Å². The van der Waals surface area contributed by atoms with Crippen molar-refractivity contribution in [3.63, 3.8) is 0 Å². The molecule has 0 aromatic carbocycles. The van der Waals surface area contributed by atoms with Crippen LogP contribution in [-0.2, 0) is 6.54 Å². The van der Waals surface area contributed by atoms with Crippen molar-refractivity contribution in [2.75, 3.05) is 36.0 Å². The molecule has 0 unspecified atom stereocenters. The van der Waals surface area contributed by atoms with E-state index >= 15 is 0 Å². The topological polar surface area (TPSA) is 75.9 Å². The Morgan fingerprint density at radius 1 is 0.926 bits per heavy atom. The van der Waals surface area contributed by atoms with Gasteiger partial charge in [-0.3, -0.25) is 0 Å². The Balaban J connectivity index is 1.33. The van der Waals surface area contributed by atoms with Gasteiger partial charge < -0.3 is 14.4 Å². The first kappa shape index (κ1) is 16.4. The van der Waals surface area contributed by atoms with Gasteiger partial charge in [0.1, 0.15) is 18.5 Å². The lowest BCUT2D eigenvalue weighted by atomic mass is 9.83. The van der Waals surface area contributed by atoms with Gasteiger partial charge in [-0.25, -0.2) is 24.9 Å². The summed E-state index contributed by atoms with van der Waals surface area (Å²) in [4.78, 5) is 27.1. The second-order valence-corrected chi connectivity index (χ2v) is 7.30. The molecule has 1 saturated heterocycles. The Hall–Kier alpha value is -2.77. The molecule has 0 N–H and O–H groups in total. The Morgan fingerprint density at radius 3 is 2.44 bits per heavy atom. The molecular weight excluding hydrogens is 340 g/mol. The molecule has 0 amide bonds. The SMILES string of the molecule is CCn1cnc2c(N3CCN(c4cc(C5CCC5)ncn4)CC3)ncnc21. The zero-order chi connectivity index (χ0) is 18.2. The molecule has 1 aliphatic carbocycles. The number of piperazine rings is 1. The zero-order valence-corrected chi connectivity index (χ0v) is 15.6. The van der Waals surface area contributed by atoms with Crippen molar-refractivity contribution < 1.29 is 0 Å². The summed E-state index contributed by atoms with van der Waals surface area (Å²) in [7, 11) is 0. The van der Waals surface area contributed by atoms with E-state index in [4.69, 9.17) is 0 Å². The Bertz CT molecular complexity index is 940. The van der Waals surface area contributed by atoms with E-state index in [2.05, 4.69) is 52.3 Å². The van der Waals surface area contributed by atoms with Crippen molar-refractivity contribution >= 4 is 22.8 Å². The van der Waals surface area contributed by atoms with E-state index in [1.54, 1.807) is 12.7 Å². The highest BCUT2D eigenvalue weighted by molar-refractivity contribution is 5.83. The fourth-order valence-corrected chi connectivity index (χ4v) is 3.94. The molecule has 2 aliphatic rings. The number of aromatic nitrogens is 6. The van der Waals surface area contributed by atoms with Gasteiger partial charge in [-0.2, -0.15) is 0 Å². The predicted molar refractivity (Wildman–Crippen MR) is 104 cm³/mol. The average Bonchev–Trinajstić information content (AvgIpc) is 3.10.